The van der Waals surface area contributed by atoms with E-state index in [1.165, 1.54) is 11.1 Å². The lowest BCUT2D eigenvalue weighted by Crippen LogP contribution is -2.20. The molecule has 0 aromatic heterocycles. The molecular formula is C12H19NO. The number of hydrogen-bond acceptors (Lipinski definition) is 2. The van der Waals surface area contributed by atoms with Gasteiger partial charge in [0.25, 0.3) is 0 Å². The summed E-state index contributed by atoms with van der Waals surface area (Å²) < 4.78 is 0. The third-order valence-electron chi connectivity index (χ3n) is 2.40. The van der Waals surface area contributed by atoms with E-state index in [4.69, 9.17) is 5.11 Å². The molecule has 0 aliphatic carbocycles. The van der Waals surface area contributed by atoms with Crippen molar-refractivity contribution in [2.24, 2.45) is 0 Å². The van der Waals surface area contributed by atoms with Crippen LogP contribution in [0.1, 0.15) is 17.5 Å². The van der Waals surface area contributed by atoms with Gasteiger partial charge in [-0.15, -0.1) is 0 Å². The molecule has 1 aromatic carbocycles. The number of rotatable bonds is 5. The van der Waals surface area contributed by atoms with Crippen molar-refractivity contribution in [2.45, 2.75) is 19.9 Å². The Morgan fingerprint density at radius 3 is 2.64 bits per heavy atom. The predicted octanol–water partition coefficient (Wildman–Crippen LogP) is 1.81. The van der Waals surface area contributed by atoms with Crippen LogP contribution in [0.2, 0.25) is 0 Å². The van der Waals surface area contributed by atoms with Crippen LogP contribution in [-0.4, -0.2) is 30.2 Å². The highest BCUT2D eigenvalue weighted by Crippen LogP contribution is 2.09. The van der Waals surface area contributed by atoms with Crippen LogP contribution in [0.5, 0.6) is 0 Å². The van der Waals surface area contributed by atoms with Gasteiger partial charge in [-0.25, -0.2) is 0 Å². The summed E-state index contributed by atoms with van der Waals surface area (Å²) in [6.45, 7) is 4.32. The van der Waals surface area contributed by atoms with Crippen LogP contribution in [0.3, 0.4) is 0 Å². The van der Waals surface area contributed by atoms with Crippen LogP contribution in [-0.2, 0) is 6.54 Å². The van der Waals surface area contributed by atoms with E-state index in [-0.39, 0.29) is 6.61 Å². The van der Waals surface area contributed by atoms with Crippen LogP contribution >= 0.6 is 0 Å². The summed E-state index contributed by atoms with van der Waals surface area (Å²) >= 11 is 0. The van der Waals surface area contributed by atoms with E-state index < -0.39 is 0 Å². The van der Waals surface area contributed by atoms with Gasteiger partial charge < -0.3 is 10.0 Å². The molecule has 0 amide bonds. The number of benzene rings is 1. The van der Waals surface area contributed by atoms with Crippen molar-refractivity contribution >= 4 is 0 Å². The average molecular weight is 193 g/mol. The highest BCUT2D eigenvalue weighted by atomic mass is 16.3. The van der Waals surface area contributed by atoms with Gasteiger partial charge in [0.1, 0.15) is 0 Å². The molecule has 1 rings (SSSR count). The Morgan fingerprint density at radius 2 is 2.00 bits per heavy atom. The smallest absolute Gasteiger partial charge is 0.0443 e. The molecule has 0 saturated heterocycles. The van der Waals surface area contributed by atoms with Crippen LogP contribution in [0.15, 0.2) is 24.3 Å². The first-order valence-corrected chi connectivity index (χ1v) is 5.08. The Morgan fingerprint density at radius 1 is 1.29 bits per heavy atom. The lowest BCUT2D eigenvalue weighted by atomic mass is 10.1. The maximum atomic E-state index is 8.71. The second-order valence-corrected chi connectivity index (χ2v) is 3.74. The molecule has 0 radical (unpaired) electrons. The van der Waals surface area contributed by atoms with Crippen LogP contribution < -0.4 is 0 Å². The molecule has 0 saturated carbocycles. The first-order chi connectivity index (χ1) is 6.74. The third-order valence-corrected chi connectivity index (χ3v) is 2.40. The standard InChI is InChI=1S/C12H19NO/c1-11-6-3-4-7-12(11)10-13(2)8-5-9-14/h3-4,6-7,14H,5,8-10H2,1-2H3. The summed E-state index contributed by atoms with van der Waals surface area (Å²) in [7, 11) is 2.09. The SMILES string of the molecule is Cc1ccccc1CN(C)CCCO. The molecule has 0 unspecified atom stereocenters. The lowest BCUT2D eigenvalue weighted by molar-refractivity contribution is 0.244. The largest absolute Gasteiger partial charge is 0.396 e. The van der Waals surface area contributed by atoms with E-state index in [0.29, 0.717) is 0 Å². The number of hydrogen-bond donors (Lipinski definition) is 1. The van der Waals surface area contributed by atoms with E-state index in [0.717, 1.165) is 19.5 Å². The van der Waals surface area contributed by atoms with E-state index in [9.17, 15) is 0 Å². The molecule has 2 heteroatoms. The Bertz CT molecular complexity index is 273. The molecule has 0 aliphatic rings. The van der Waals surface area contributed by atoms with Crippen molar-refractivity contribution in [3.63, 3.8) is 0 Å². The first-order valence-electron chi connectivity index (χ1n) is 5.08. The van der Waals surface area contributed by atoms with E-state index >= 15 is 0 Å². The summed E-state index contributed by atoms with van der Waals surface area (Å²) in [5.41, 5.74) is 2.70. The van der Waals surface area contributed by atoms with Gasteiger partial charge >= 0.3 is 0 Å². The molecular weight excluding hydrogens is 174 g/mol. The molecule has 0 heterocycles. The normalized spacial score (nSPS) is 10.9. The van der Waals surface area contributed by atoms with Crippen LogP contribution in [0.4, 0.5) is 0 Å². The minimum Gasteiger partial charge on any atom is -0.396 e. The fourth-order valence-electron chi connectivity index (χ4n) is 1.50. The average Bonchev–Trinajstić information content (AvgIpc) is 2.18. The number of aliphatic hydroxyl groups is 1. The second-order valence-electron chi connectivity index (χ2n) is 3.74. The highest BCUT2D eigenvalue weighted by Gasteiger charge is 2.01. The van der Waals surface area contributed by atoms with Crippen molar-refractivity contribution in [1.29, 1.82) is 0 Å². The van der Waals surface area contributed by atoms with Gasteiger partial charge in [-0.1, -0.05) is 24.3 Å². The predicted molar refractivity (Wildman–Crippen MR) is 59.2 cm³/mol. The molecule has 2 nitrogen and oxygen atoms in total. The van der Waals surface area contributed by atoms with Crippen molar-refractivity contribution in [3.05, 3.63) is 35.4 Å². The summed E-state index contributed by atoms with van der Waals surface area (Å²) in [6, 6.07) is 8.43. The lowest BCUT2D eigenvalue weighted by Gasteiger charge is -2.17. The minimum absolute atomic E-state index is 0.276. The first kappa shape index (κ1) is 11.2. The number of aryl methyl sites for hydroxylation is 1. The van der Waals surface area contributed by atoms with E-state index in [1.54, 1.807) is 0 Å². The van der Waals surface area contributed by atoms with Gasteiger partial charge in [-0.2, -0.15) is 0 Å². The van der Waals surface area contributed by atoms with Crippen molar-refractivity contribution in [2.75, 3.05) is 20.2 Å². The summed E-state index contributed by atoms with van der Waals surface area (Å²) in [5.74, 6) is 0. The molecule has 1 aromatic rings. The molecule has 0 fully saturated rings. The van der Waals surface area contributed by atoms with Crippen molar-refractivity contribution in [3.8, 4) is 0 Å². The number of nitrogens with zero attached hydrogens (tertiary/aromatic N) is 1. The maximum Gasteiger partial charge on any atom is 0.0443 e. The van der Waals surface area contributed by atoms with E-state index in [2.05, 4.69) is 43.1 Å². The zero-order valence-corrected chi connectivity index (χ0v) is 9.03. The van der Waals surface area contributed by atoms with Gasteiger partial charge in [0.15, 0.2) is 0 Å². The molecule has 0 bridgehead atoms. The molecule has 1 N–H and O–H groups in total. The third kappa shape index (κ3) is 3.48. The summed E-state index contributed by atoms with van der Waals surface area (Å²) in [4.78, 5) is 2.23. The molecule has 78 valence electrons. The Kier molecular flexibility index (Phi) is 4.63. The zero-order chi connectivity index (χ0) is 10.4. The van der Waals surface area contributed by atoms with Crippen LogP contribution in [0.25, 0.3) is 0 Å². The summed E-state index contributed by atoms with van der Waals surface area (Å²) in [5, 5.41) is 8.71. The molecule has 0 aliphatic heterocycles. The minimum atomic E-state index is 0.276. The molecule has 0 spiro atoms. The highest BCUT2D eigenvalue weighted by molar-refractivity contribution is 5.25. The summed E-state index contributed by atoms with van der Waals surface area (Å²) in [6.07, 6.45) is 0.850. The second kappa shape index (κ2) is 5.78. The fraction of sp³-hybridized carbons (Fsp3) is 0.500. The monoisotopic (exact) mass is 193 g/mol. The Hall–Kier alpha value is -0.860. The Labute approximate surface area is 86.2 Å². The maximum absolute atomic E-state index is 8.71. The molecule has 14 heavy (non-hydrogen) atoms. The van der Waals surface area contributed by atoms with Gasteiger partial charge in [0.2, 0.25) is 0 Å². The molecule has 0 atom stereocenters. The van der Waals surface area contributed by atoms with Crippen molar-refractivity contribution < 1.29 is 5.11 Å². The quantitative estimate of drug-likeness (QED) is 0.771. The number of aliphatic hydroxyl groups excluding tert-OH is 1. The Balaban J connectivity index is 2.47. The zero-order valence-electron chi connectivity index (χ0n) is 9.03. The van der Waals surface area contributed by atoms with Gasteiger partial charge in [0.05, 0.1) is 0 Å². The van der Waals surface area contributed by atoms with Gasteiger partial charge in [0, 0.05) is 19.7 Å². The topological polar surface area (TPSA) is 23.5 Å². The van der Waals surface area contributed by atoms with Crippen molar-refractivity contribution in [1.82, 2.24) is 4.90 Å². The van der Waals surface area contributed by atoms with Gasteiger partial charge in [-0.05, 0) is 31.5 Å². The van der Waals surface area contributed by atoms with Gasteiger partial charge in [-0.3, -0.25) is 0 Å². The van der Waals surface area contributed by atoms with E-state index in [1.807, 2.05) is 0 Å². The fourth-order valence-corrected chi connectivity index (χ4v) is 1.50. The van der Waals surface area contributed by atoms with Crippen LogP contribution in [0, 0.1) is 6.92 Å².